The van der Waals surface area contributed by atoms with E-state index in [4.69, 9.17) is 0 Å². The summed E-state index contributed by atoms with van der Waals surface area (Å²) in [4.78, 5) is 16.4. The van der Waals surface area contributed by atoms with Crippen LogP contribution in [0, 0.1) is 5.92 Å². The lowest BCUT2D eigenvalue weighted by atomic mass is 9.93. The van der Waals surface area contributed by atoms with Crippen LogP contribution in [0.3, 0.4) is 0 Å². The fraction of sp³-hybridized carbons (Fsp3) is 0.692. The molecule has 4 heteroatoms. The molecule has 0 bridgehead atoms. The van der Waals surface area contributed by atoms with Gasteiger partial charge in [-0.2, -0.15) is 0 Å². The maximum atomic E-state index is 11.8. The molecule has 0 amide bonds. The molecule has 17 heavy (non-hydrogen) atoms. The average Bonchev–Trinajstić information content (AvgIpc) is 2.59. The van der Waals surface area contributed by atoms with Gasteiger partial charge in [0.15, 0.2) is 0 Å². The highest BCUT2D eigenvalue weighted by molar-refractivity contribution is 7.09. The van der Waals surface area contributed by atoms with Crippen LogP contribution in [-0.4, -0.2) is 23.9 Å². The largest absolute Gasteiger partial charge is 0.316 e. The third-order valence-corrected chi connectivity index (χ3v) is 3.90. The molecule has 0 spiro atoms. The molecule has 1 aromatic heterocycles. The predicted molar refractivity (Wildman–Crippen MR) is 70.5 cm³/mol. The molecule has 1 saturated heterocycles. The maximum Gasteiger partial charge on any atom is 0.140 e. The summed E-state index contributed by atoms with van der Waals surface area (Å²) in [7, 11) is 0. The summed E-state index contributed by atoms with van der Waals surface area (Å²) in [5.41, 5.74) is 1.17. The van der Waals surface area contributed by atoms with Crippen molar-refractivity contribution in [2.45, 2.75) is 39.0 Å². The number of nitrogens with zero attached hydrogens (tertiary/aromatic N) is 1. The number of aromatic nitrogens is 1. The molecule has 2 rings (SSSR count). The smallest absolute Gasteiger partial charge is 0.140 e. The van der Waals surface area contributed by atoms with Crippen LogP contribution in [0.1, 0.15) is 37.9 Å². The Hall–Kier alpha value is -0.740. The fourth-order valence-corrected chi connectivity index (χ4v) is 2.84. The average molecular weight is 252 g/mol. The van der Waals surface area contributed by atoms with Crippen molar-refractivity contribution in [2.24, 2.45) is 5.92 Å². The van der Waals surface area contributed by atoms with Gasteiger partial charge in [0.25, 0.3) is 0 Å². The Morgan fingerprint density at radius 2 is 2.24 bits per heavy atom. The molecular weight excluding hydrogens is 232 g/mol. The van der Waals surface area contributed by atoms with E-state index in [9.17, 15) is 4.79 Å². The number of nitrogens with one attached hydrogen (secondary N) is 1. The first kappa shape index (κ1) is 12.7. The minimum Gasteiger partial charge on any atom is -0.316 e. The molecule has 0 radical (unpaired) electrons. The highest BCUT2D eigenvalue weighted by atomic mass is 32.1. The Morgan fingerprint density at radius 3 is 2.71 bits per heavy atom. The highest BCUT2D eigenvalue weighted by Gasteiger charge is 2.22. The molecule has 0 unspecified atom stereocenters. The number of carbonyl (C=O) groups is 1. The number of carbonyl (C=O) groups excluding carboxylic acids is 1. The molecule has 0 atom stereocenters. The molecule has 1 aliphatic rings. The van der Waals surface area contributed by atoms with Gasteiger partial charge < -0.3 is 5.32 Å². The molecule has 0 aromatic carbocycles. The number of Topliss-reactive ketones (excluding diaryl/α,β-unsaturated/α-hetero) is 1. The molecule has 1 aliphatic heterocycles. The summed E-state index contributed by atoms with van der Waals surface area (Å²) in [6.45, 7) is 8.43. The maximum absolute atomic E-state index is 11.8. The molecule has 2 heterocycles. The Balaban J connectivity index is 1.89. The Kier molecular flexibility index (Phi) is 3.64. The number of thiazole rings is 1. The minimum atomic E-state index is 0.0791. The molecule has 1 fully saturated rings. The molecule has 3 nitrogen and oxygen atoms in total. The lowest BCUT2D eigenvalue weighted by molar-refractivity contribution is -0.119. The molecule has 1 N–H and O–H groups in total. The van der Waals surface area contributed by atoms with Gasteiger partial charge in [0.2, 0.25) is 0 Å². The van der Waals surface area contributed by atoms with Crippen LogP contribution in [0.4, 0.5) is 0 Å². The van der Waals surface area contributed by atoms with Gasteiger partial charge in [-0.1, -0.05) is 20.8 Å². The van der Waals surface area contributed by atoms with Crippen molar-refractivity contribution < 1.29 is 4.79 Å². The van der Waals surface area contributed by atoms with Crippen molar-refractivity contribution in [3.05, 3.63) is 16.1 Å². The van der Waals surface area contributed by atoms with Crippen LogP contribution < -0.4 is 5.32 Å². The van der Waals surface area contributed by atoms with Gasteiger partial charge in [0, 0.05) is 17.2 Å². The third-order valence-electron chi connectivity index (χ3n) is 3.05. The second-order valence-electron chi connectivity index (χ2n) is 5.82. The normalized spacial score (nSPS) is 16.9. The van der Waals surface area contributed by atoms with E-state index in [-0.39, 0.29) is 5.41 Å². The highest BCUT2D eigenvalue weighted by Crippen LogP contribution is 2.24. The zero-order valence-electron chi connectivity index (χ0n) is 10.7. The van der Waals surface area contributed by atoms with Crippen molar-refractivity contribution in [3.63, 3.8) is 0 Å². The van der Waals surface area contributed by atoms with Crippen molar-refractivity contribution in [1.82, 2.24) is 10.3 Å². The summed E-state index contributed by atoms with van der Waals surface area (Å²) in [6, 6.07) is 0. The lowest BCUT2D eigenvalue weighted by Gasteiger charge is -2.26. The second-order valence-corrected chi connectivity index (χ2v) is 6.76. The summed E-state index contributed by atoms with van der Waals surface area (Å²) in [5.74, 6) is 0.885. The van der Waals surface area contributed by atoms with E-state index in [1.165, 1.54) is 0 Å². The number of hydrogen-bond donors (Lipinski definition) is 1. The number of hydrogen-bond acceptors (Lipinski definition) is 4. The van der Waals surface area contributed by atoms with E-state index in [1.54, 1.807) is 11.3 Å². The topological polar surface area (TPSA) is 42.0 Å². The van der Waals surface area contributed by atoms with Crippen LogP contribution in [0.2, 0.25) is 0 Å². The van der Waals surface area contributed by atoms with Crippen LogP contribution in [0.5, 0.6) is 0 Å². The van der Waals surface area contributed by atoms with Gasteiger partial charge >= 0.3 is 0 Å². The third kappa shape index (κ3) is 3.36. The van der Waals surface area contributed by atoms with Crippen molar-refractivity contribution in [1.29, 1.82) is 0 Å². The van der Waals surface area contributed by atoms with E-state index in [0.717, 1.165) is 23.8 Å². The van der Waals surface area contributed by atoms with E-state index in [1.807, 2.05) is 0 Å². The predicted octanol–water partition coefficient (Wildman–Crippen LogP) is 2.16. The summed E-state index contributed by atoms with van der Waals surface area (Å²) in [5, 5.41) is 6.23. The van der Waals surface area contributed by atoms with E-state index < -0.39 is 0 Å². The summed E-state index contributed by atoms with van der Waals surface area (Å²) >= 11 is 1.61. The minimum absolute atomic E-state index is 0.0791. The van der Waals surface area contributed by atoms with Crippen molar-refractivity contribution in [3.8, 4) is 0 Å². The van der Waals surface area contributed by atoms with E-state index in [2.05, 4.69) is 36.5 Å². The Labute approximate surface area is 107 Å². The van der Waals surface area contributed by atoms with Gasteiger partial charge in [-0.15, -0.1) is 11.3 Å². The van der Waals surface area contributed by atoms with Crippen molar-refractivity contribution in [2.75, 3.05) is 13.1 Å². The van der Waals surface area contributed by atoms with Gasteiger partial charge in [-0.05, 0) is 19.0 Å². The van der Waals surface area contributed by atoms with Gasteiger partial charge in [0.1, 0.15) is 10.8 Å². The zero-order chi connectivity index (χ0) is 12.5. The first-order valence-electron chi connectivity index (χ1n) is 6.12. The Bertz CT molecular complexity index is 402. The standard InChI is InChI=1S/C13H20N2OS/c1-13(2,3)11-8-17-12(15-11)5-10(16)4-9-6-14-7-9/h8-9,14H,4-7H2,1-3H3. The van der Waals surface area contributed by atoms with Crippen molar-refractivity contribution >= 4 is 17.1 Å². The molecule has 0 saturated carbocycles. The molecule has 1 aromatic rings. The molecular formula is C13H20N2OS. The molecule has 0 aliphatic carbocycles. The van der Waals surface area contributed by atoms with Crippen LogP contribution in [0.25, 0.3) is 0 Å². The van der Waals surface area contributed by atoms with Crippen LogP contribution >= 0.6 is 11.3 Å². The van der Waals surface area contributed by atoms with E-state index in [0.29, 0.717) is 24.5 Å². The summed E-state index contributed by atoms with van der Waals surface area (Å²) < 4.78 is 0. The fourth-order valence-electron chi connectivity index (χ4n) is 1.79. The number of ketones is 1. The van der Waals surface area contributed by atoms with Gasteiger partial charge in [-0.25, -0.2) is 4.98 Å². The van der Waals surface area contributed by atoms with Crippen LogP contribution in [0.15, 0.2) is 5.38 Å². The zero-order valence-corrected chi connectivity index (χ0v) is 11.6. The summed E-state index contributed by atoms with van der Waals surface area (Å²) in [6.07, 6.45) is 1.22. The lowest BCUT2D eigenvalue weighted by Crippen LogP contribution is -2.43. The van der Waals surface area contributed by atoms with Crippen LogP contribution in [-0.2, 0) is 16.6 Å². The number of rotatable bonds is 4. The van der Waals surface area contributed by atoms with E-state index >= 15 is 0 Å². The Morgan fingerprint density at radius 1 is 1.53 bits per heavy atom. The van der Waals surface area contributed by atoms with Gasteiger partial charge in [-0.3, -0.25) is 4.79 Å². The first-order valence-corrected chi connectivity index (χ1v) is 7.00. The monoisotopic (exact) mass is 252 g/mol. The molecule has 94 valence electrons. The SMILES string of the molecule is CC(C)(C)c1csc(CC(=O)CC2CNC2)n1. The first-order chi connectivity index (χ1) is 7.95. The second kappa shape index (κ2) is 4.86. The quantitative estimate of drug-likeness (QED) is 0.893. The van der Waals surface area contributed by atoms with Gasteiger partial charge in [0.05, 0.1) is 12.1 Å².